The quantitative estimate of drug-likeness (QED) is 0.596. The Labute approximate surface area is 156 Å². The minimum absolute atomic E-state index is 0.133. The molecule has 2 N–H and O–H groups in total. The topological polar surface area (TPSA) is 98.2 Å². The van der Waals surface area contributed by atoms with Gasteiger partial charge in [0.25, 0.3) is 11.8 Å². The third-order valence-corrected chi connectivity index (χ3v) is 3.90. The summed E-state index contributed by atoms with van der Waals surface area (Å²) in [5.41, 5.74) is 4.28. The third-order valence-electron chi connectivity index (χ3n) is 3.90. The molecule has 0 atom stereocenters. The number of fused-ring (bicyclic) bond motifs is 1. The fraction of sp³-hybridized carbons (Fsp3) is 0.211. The number of methoxy groups -OCH3 is 1. The van der Waals surface area contributed by atoms with Crippen molar-refractivity contribution < 1.29 is 23.8 Å². The van der Waals surface area contributed by atoms with E-state index in [4.69, 9.17) is 14.2 Å². The van der Waals surface area contributed by atoms with Gasteiger partial charge in [-0.15, -0.1) is 0 Å². The smallest absolute Gasteiger partial charge is 0.259 e. The summed E-state index contributed by atoms with van der Waals surface area (Å²) in [6.07, 6.45) is 0. The van der Waals surface area contributed by atoms with Gasteiger partial charge in [-0.25, -0.2) is 5.43 Å². The molecule has 0 unspecified atom stereocenters. The zero-order valence-electron chi connectivity index (χ0n) is 14.9. The van der Waals surface area contributed by atoms with Crippen LogP contribution in [0.1, 0.15) is 22.8 Å². The van der Waals surface area contributed by atoms with Crippen LogP contribution >= 0.6 is 0 Å². The van der Waals surface area contributed by atoms with Crippen LogP contribution in [0.4, 0.5) is 0 Å². The van der Waals surface area contributed by atoms with Crippen molar-refractivity contribution in [3.05, 3.63) is 53.6 Å². The van der Waals surface area contributed by atoms with Crippen molar-refractivity contribution in [2.75, 3.05) is 20.4 Å². The molecule has 0 bridgehead atoms. The lowest BCUT2D eigenvalue weighted by Gasteiger charge is -2.06. The van der Waals surface area contributed by atoms with E-state index in [1.807, 2.05) is 24.3 Å². The fourth-order valence-corrected chi connectivity index (χ4v) is 2.38. The van der Waals surface area contributed by atoms with Crippen molar-refractivity contribution in [1.29, 1.82) is 0 Å². The molecule has 8 heteroatoms. The summed E-state index contributed by atoms with van der Waals surface area (Å²) in [5, 5.41) is 6.57. The van der Waals surface area contributed by atoms with Gasteiger partial charge >= 0.3 is 0 Å². The SMILES string of the molecule is COc1ccc(/C(C)=N/NC(=O)CNC(=O)c2ccc3c(c2)OCO3)cc1. The Balaban J connectivity index is 1.50. The van der Waals surface area contributed by atoms with Gasteiger partial charge in [-0.1, -0.05) is 0 Å². The molecule has 1 aliphatic rings. The highest BCUT2D eigenvalue weighted by molar-refractivity contribution is 6.00. The van der Waals surface area contributed by atoms with Crippen molar-refractivity contribution in [1.82, 2.24) is 10.7 Å². The first-order valence-corrected chi connectivity index (χ1v) is 8.22. The Morgan fingerprint density at radius 3 is 2.52 bits per heavy atom. The molecule has 2 aromatic rings. The van der Waals surface area contributed by atoms with E-state index in [1.165, 1.54) is 0 Å². The van der Waals surface area contributed by atoms with Gasteiger partial charge in [0.05, 0.1) is 19.4 Å². The van der Waals surface area contributed by atoms with Crippen LogP contribution in [-0.2, 0) is 4.79 Å². The second-order valence-corrected chi connectivity index (χ2v) is 5.71. The molecule has 0 saturated carbocycles. The Morgan fingerprint density at radius 2 is 1.78 bits per heavy atom. The maximum Gasteiger partial charge on any atom is 0.259 e. The van der Waals surface area contributed by atoms with Crippen LogP contribution in [-0.4, -0.2) is 38.0 Å². The van der Waals surface area contributed by atoms with Crippen LogP contribution in [0.25, 0.3) is 0 Å². The maximum atomic E-state index is 12.1. The van der Waals surface area contributed by atoms with Crippen molar-refractivity contribution in [3.63, 3.8) is 0 Å². The molecule has 140 valence electrons. The summed E-state index contributed by atoms with van der Waals surface area (Å²) in [7, 11) is 1.59. The second-order valence-electron chi connectivity index (χ2n) is 5.71. The molecule has 0 saturated heterocycles. The first-order chi connectivity index (χ1) is 13.1. The third kappa shape index (κ3) is 4.55. The van der Waals surface area contributed by atoms with Crippen molar-refractivity contribution in [3.8, 4) is 17.2 Å². The first kappa shape index (κ1) is 18.2. The molecular formula is C19H19N3O5. The number of amides is 2. The van der Waals surface area contributed by atoms with Gasteiger partial charge in [0.15, 0.2) is 11.5 Å². The molecule has 3 rings (SSSR count). The zero-order chi connectivity index (χ0) is 19.2. The number of carbonyl (C=O) groups is 2. The second kappa shape index (κ2) is 8.22. The van der Waals surface area contributed by atoms with Crippen LogP contribution in [0, 0.1) is 0 Å². The summed E-state index contributed by atoms with van der Waals surface area (Å²) in [6.45, 7) is 1.70. The van der Waals surface area contributed by atoms with Gasteiger partial charge < -0.3 is 19.5 Å². The van der Waals surface area contributed by atoms with Crippen molar-refractivity contribution in [2.45, 2.75) is 6.92 Å². The molecule has 2 aromatic carbocycles. The standard InChI is InChI=1S/C19H19N3O5/c1-12(13-3-6-15(25-2)7-4-13)21-22-18(23)10-20-19(24)14-5-8-16-17(9-14)27-11-26-16/h3-9H,10-11H2,1-2H3,(H,20,24)(H,22,23)/b21-12+. The van der Waals surface area contributed by atoms with Gasteiger partial charge in [-0.05, 0) is 55.0 Å². The van der Waals surface area contributed by atoms with Gasteiger partial charge in [-0.3, -0.25) is 9.59 Å². The Morgan fingerprint density at radius 1 is 1.07 bits per heavy atom. The number of nitrogens with zero attached hydrogens (tertiary/aromatic N) is 1. The molecule has 0 aromatic heterocycles. The van der Waals surface area contributed by atoms with Crippen LogP contribution in [0.2, 0.25) is 0 Å². The number of hydrazone groups is 1. The number of hydrogen-bond donors (Lipinski definition) is 2. The number of nitrogens with one attached hydrogen (secondary N) is 2. The molecule has 2 amide bonds. The van der Waals surface area contributed by atoms with Crippen molar-refractivity contribution >= 4 is 17.5 Å². The molecule has 1 heterocycles. The Kier molecular flexibility index (Phi) is 5.55. The predicted octanol–water partition coefficient (Wildman–Crippen LogP) is 1.69. The number of carbonyl (C=O) groups excluding carboxylic acids is 2. The highest BCUT2D eigenvalue weighted by atomic mass is 16.7. The molecule has 0 fully saturated rings. The normalized spacial score (nSPS) is 12.4. The summed E-state index contributed by atoms with van der Waals surface area (Å²) in [6, 6.07) is 12.1. The van der Waals surface area contributed by atoms with Gasteiger partial charge in [0, 0.05) is 5.56 Å². The number of ether oxygens (including phenoxy) is 3. The largest absolute Gasteiger partial charge is 0.497 e. The predicted molar refractivity (Wildman–Crippen MR) is 98.2 cm³/mol. The Bertz CT molecular complexity index is 877. The average Bonchev–Trinajstić information content (AvgIpc) is 3.18. The minimum Gasteiger partial charge on any atom is -0.497 e. The lowest BCUT2D eigenvalue weighted by Crippen LogP contribution is -2.35. The fourth-order valence-electron chi connectivity index (χ4n) is 2.38. The van der Waals surface area contributed by atoms with Crippen molar-refractivity contribution in [2.24, 2.45) is 5.10 Å². The lowest BCUT2D eigenvalue weighted by molar-refractivity contribution is -0.120. The molecule has 8 nitrogen and oxygen atoms in total. The zero-order valence-corrected chi connectivity index (χ0v) is 14.9. The van der Waals surface area contributed by atoms with E-state index in [2.05, 4.69) is 15.8 Å². The Hall–Kier alpha value is -3.55. The first-order valence-electron chi connectivity index (χ1n) is 8.22. The highest BCUT2D eigenvalue weighted by Gasteiger charge is 2.16. The maximum absolute atomic E-state index is 12.1. The van der Waals surface area contributed by atoms with Crippen LogP contribution in [0.15, 0.2) is 47.6 Å². The molecular weight excluding hydrogens is 350 g/mol. The summed E-state index contributed by atoms with van der Waals surface area (Å²) in [5.74, 6) is 1.01. The summed E-state index contributed by atoms with van der Waals surface area (Å²) >= 11 is 0. The number of benzene rings is 2. The van der Waals surface area contributed by atoms with Gasteiger partial charge in [-0.2, -0.15) is 5.10 Å². The van der Waals surface area contributed by atoms with Gasteiger partial charge in [0.1, 0.15) is 5.75 Å². The van der Waals surface area contributed by atoms with E-state index in [0.29, 0.717) is 22.8 Å². The molecule has 0 radical (unpaired) electrons. The number of hydrogen-bond acceptors (Lipinski definition) is 6. The molecule has 1 aliphatic heterocycles. The average molecular weight is 369 g/mol. The van der Waals surface area contributed by atoms with E-state index in [9.17, 15) is 9.59 Å². The lowest BCUT2D eigenvalue weighted by atomic mass is 10.1. The highest BCUT2D eigenvalue weighted by Crippen LogP contribution is 2.32. The summed E-state index contributed by atoms with van der Waals surface area (Å²) < 4.78 is 15.5. The van der Waals surface area contributed by atoms with E-state index >= 15 is 0 Å². The van der Waals surface area contributed by atoms with E-state index in [1.54, 1.807) is 32.2 Å². The van der Waals surface area contributed by atoms with Crippen LogP contribution in [0.5, 0.6) is 17.2 Å². The summed E-state index contributed by atoms with van der Waals surface area (Å²) in [4.78, 5) is 24.0. The number of rotatable bonds is 6. The molecule has 0 aliphatic carbocycles. The monoisotopic (exact) mass is 369 g/mol. The molecule has 27 heavy (non-hydrogen) atoms. The minimum atomic E-state index is -0.433. The molecule has 0 spiro atoms. The van der Waals surface area contributed by atoms with E-state index in [-0.39, 0.29) is 19.2 Å². The van der Waals surface area contributed by atoms with E-state index < -0.39 is 5.91 Å². The van der Waals surface area contributed by atoms with Crippen LogP contribution < -0.4 is 25.0 Å². The van der Waals surface area contributed by atoms with E-state index in [0.717, 1.165) is 11.3 Å². The van der Waals surface area contributed by atoms with Crippen LogP contribution in [0.3, 0.4) is 0 Å². The van der Waals surface area contributed by atoms with Gasteiger partial charge in [0.2, 0.25) is 6.79 Å².